The largest absolute Gasteiger partial charge is 0.507 e. The standard InChI is InChI=1S/C20H25ClN4O3/c1-2-28-22-14-16-3-4-17(13-18(16)26)27-12-9-15-7-10-25(11-8-15)20-6-5-19(21)23-24-20/h3-6,13-15,26H,2,7-12H2,1H3/b22-14+. The summed E-state index contributed by atoms with van der Waals surface area (Å²) in [6.45, 7) is 4.87. The Morgan fingerprint density at radius 2 is 2.07 bits per heavy atom. The van der Waals surface area contributed by atoms with Gasteiger partial charge in [-0.1, -0.05) is 16.8 Å². The van der Waals surface area contributed by atoms with E-state index >= 15 is 0 Å². The molecule has 7 nitrogen and oxygen atoms in total. The molecule has 1 aliphatic rings. The molecule has 0 atom stereocenters. The number of hydrogen-bond donors (Lipinski definition) is 1. The van der Waals surface area contributed by atoms with Crippen LogP contribution in [0, 0.1) is 5.92 Å². The number of phenolic OH excluding ortho intramolecular Hbond substituents is 1. The summed E-state index contributed by atoms with van der Waals surface area (Å²) in [5.74, 6) is 2.27. The van der Waals surface area contributed by atoms with Crippen LogP contribution in [0.5, 0.6) is 11.5 Å². The second-order valence-electron chi connectivity index (χ2n) is 6.65. The van der Waals surface area contributed by atoms with Gasteiger partial charge in [-0.05, 0) is 56.4 Å². The van der Waals surface area contributed by atoms with Crippen LogP contribution in [0.2, 0.25) is 5.15 Å². The summed E-state index contributed by atoms with van der Waals surface area (Å²) in [4.78, 5) is 7.14. The van der Waals surface area contributed by atoms with Gasteiger partial charge in [-0.25, -0.2) is 0 Å². The van der Waals surface area contributed by atoms with Crippen molar-refractivity contribution in [2.24, 2.45) is 11.1 Å². The SMILES string of the molecule is CCO/N=C/c1ccc(OCCC2CCN(c3ccc(Cl)nn3)CC2)cc1O. The number of hydrogen-bond acceptors (Lipinski definition) is 7. The van der Waals surface area contributed by atoms with E-state index in [0.717, 1.165) is 38.2 Å². The third kappa shape index (κ3) is 5.73. The van der Waals surface area contributed by atoms with Crippen molar-refractivity contribution in [3.05, 3.63) is 41.0 Å². The van der Waals surface area contributed by atoms with Crippen LogP contribution in [0.1, 0.15) is 31.7 Å². The summed E-state index contributed by atoms with van der Waals surface area (Å²) < 4.78 is 5.81. The molecule has 8 heteroatoms. The van der Waals surface area contributed by atoms with Crippen molar-refractivity contribution < 1.29 is 14.7 Å². The fourth-order valence-electron chi connectivity index (χ4n) is 3.16. The lowest BCUT2D eigenvalue weighted by atomic mass is 9.94. The smallest absolute Gasteiger partial charge is 0.151 e. The molecule has 0 aliphatic carbocycles. The van der Waals surface area contributed by atoms with Crippen molar-refractivity contribution in [1.29, 1.82) is 0 Å². The van der Waals surface area contributed by atoms with Gasteiger partial charge in [-0.15, -0.1) is 10.2 Å². The van der Waals surface area contributed by atoms with Crippen molar-refractivity contribution in [2.45, 2.75) is 26.2 Å². The Hall–Kier alpha value is -2.54. The van der Waals surface area contributed by atoms with E-state index < -0.39 is 0 Å². The third-order valence-corrected chi connectivity index (χ3v) is 4.95. The highest BCUT2D eigenvalue weighted by atomic mass is 35.5. The third-order valence-electron chi connectivity index (χ3n) is 4.75. The zero-order chi connectivity index (χ0) is 19.8. The molecule has 1 aromatic heterocycles. The molecule has 0 unspecified atom stereocenters. The van der Waals surface area contributed by atoms with E-state index in [9.17, 15) is 5.11 Å². The van der Waals surface area contributed by atoms with Gasteiger partial charge in [0, 0.05) is 24.7 Å². The Kier molecular flexibility index (Phi) is 7.31. The van der Waals surface area contributed by atoms with Crippen molar-refractivity contribution in [3.63, 3.8) is 0 Å². The lowest BCUT2D eigenvalue weighted by molar-refractivity contribution is 0.160. The van der Waals surface area contributed by atoms with Crippen LogP contribution < -0.4 is 9.64 Å². The second kappa shape index (κ2) is 10.1. The van der Waals surface area contributed by atoms with Crippen LogP contribution in [-0.4, -0.2) is 47.8 Å². The number of aromatic nitrogens is 2. The Morgan fingerprint density at radius 3 is 2.75 bits per heavy atom. The summed E-state index contributed by atoms with van der Waals surface area (Å²) in [6.07, 6.45) is 4.65. The van der Waals surface area contributed by atoms with Gasteiger partial charge in [0.15, 0.2) is 11.0 Å². The molecular weight excluding hydrogens is 380 g/mol. The number of anilines is 1. The predicted molar refractivity (Wildman–Crippen MR) is 109 cm³/mol. The fraction of sp³-hybridized carbons (Fsp3) is 0.450. The molecule has 0 amide bonds. The predicted octanol–water partition coefficient (Wildman–Crippen LogP) is 3.89. The van der Waals surface area contributed by atoms with Crippen LogP contribution in [-0.2, 0) is 4.84 Å². The van der Waals surface area contributed by atoms with Crippen molar-refractivity contribution in [3.8, 4) is 11.5 Å². The molecule has 1 fully saturated rings. The molecule has 3 rings (SSSR count). The molecule has 0 radical (unpaired) electrons. The maximum atomic E-state index is 10.0. The average molecular weight is 405 g/mol. The summed E-state index contributed by atoms with van der Waals surface area (Å²) >= 11 is 5.79. The number of piperidine rings is 1. The fourth-order valence-corrected chi connectivity index (χ4v) is 3.26. The molecule has 0 bridgehead atoms. The lowest BCUT2D eigenvalue weighted by Crippen LogP contribution is -2.34. The van der Waals surface area contributed by atoms with Gasteiger partial charge in [-0.3, -0.25) is 0 Å². The van der Waals surface area contributed by atoms with Crippen molar-refractivity contribution >= 4 is 23.6 Å². The maximum absolute atomic E-state index is 10.0. The number of nitrogens with zero attached hydrogens (tertiary/aromatic N) is 4. The number of benzene rings is 1. The molecule has 2 heterocycles. The van der Waals surface area contributed by atoms with Gasteiger partial charge >= 0.3 is 0 Å². The minimum Gasteiger partial charge on any atom is -0.507 e. The highest BCUT2D eigenvalue weighted by molar-refractivity contribution is 6.29. The lowest BCUT2D eigenvalue weighted by Gasteiger charge is -2.32. The highest BCUT2D eigenvalue weighted by Crippen LogP contribution is 2.26. The molecule has 28 heavy (non-hydrogen) atoms. The van der Waals surface area contributed by atoms with E-state index in [-0.39, 0.29) is 5.75 Å². The van der Waals surface area contributed by atoms with Gasteiger partial charge in [-0.2, -0.15) is 0 Å². The van der Waals surface area contributed by atoms with Crippen LogP contribution >= 0.6 is 11.6 Å². The topological polar surface area (TPSA) is 80.1 Å². The molecule has 1 aromatic carbocycles. The zero-order valence-electron chi connectivity index (χ0n) is 15.9. The molecule has 150 valence electrons. The number of phenols is 1. The van der Waals surface area contributed by atoms with Gasteiger partial charge in [0.25, 0.3) is 0 Å². The van der Waals surface area contributed by atoms with Gasteiger partial charge in [0.05, 0.1) is 12.8 Å². The Bertz CT molecular complexity index is 778. The molecule has 1 saturated heterocycles. The maximum Gasteiger partial charge on any atom is 0.151 e. The van der Waals surface area contributed by atoms with E-state index in [0.29, 0.717) is 35.6 Å². The number of aromatic hydroxyl groups is 1. The highest BCUT2D eigenvalue weighted by Gasteiger charge is 2.20. The van der Waals surface area contributed by atoms with Crippen LogP contribution in [0.4, 0.5) is 5.82 Å². The monoisotopic (exact) mass is 404 g/mol. The number of ether oxygens (including phenoxy) is 1. The second-order valence-corrected chi connectivity index (χ2v) is 7.04. The summed E-state index contributed by atoms with van der Waals surface area (Å²) in [7, 11) is 0. The minimum absolute atomic E-state index is 0.123. The van der Waals surface area contributed by atoms with Crippen molar-refractivity contribution in [2.75, 3.05) is 31.2 Å². The normalized spacial score (nSPS) is 15.1. The summed E-state index contributed by atoms with van der Waals surface area (Å²) in [5, 5.41) is 22.3. The molecule has 0 saturated carbocycles. The van der Waals surface area contributed by atoms with Gasteiger partial charge < -0.3 is 19.6 Å². The van der Waals surface area contributed by atoms with E-state index in [1.54, 1.807) is 18.2 Å². The Balaban J connectivity index is 1.41. The van der Waals surface area contributed by atoms with E-state index in [2.05, 4.69) is 20.3 Å². The number of halogens is 1. The minimum atomic E-state index is 0.123. The van der Waals surface area contributed by atoms with Crippen LogP contribution in [0.15, 0.2) is 35.5 Å². The van der Waals surface area contributed by atoms with E-state index in [1.807, 2.05) is 19.1 Å². The zero-order valence-corrected chi connectivity index (χ0v) is 16.7. The van der Waals surface area contributed by atoms with Gasteiger partial charge in [0.2, 0.25) is 0 Å². The Morgan fingerprint density at radius 1 is 1.25 bits per heavy atom. The first-order chi connectivity index (χ1) is 13.7. The number of oxime groups is 1. The Labute approximate surface area is 169 Å². The van der Waals surface area contributed by atoms with Gasteiger partial charge in [0.1, 0.15) is 18.1 Å². The average Bonchev–Trinajstić information content (AvgIpc) is 2.71. The summed E-state index contributed by atoms with van der Waals surface area (Å²) in [6, 6.07) is 8.88. The summed E-state index contributed by atoms with van der Waals surface area (Å²) in [5.41, 5.74) is 0.596. The number of rotatable bonds is 8. The first-order valence-electron chi connectivity index (χ1n) is 9.51. The van der Waals surface area contributed by atoms with Crippen LogP contribution in [0.3, 0.4) is 0 Å². The first-order valence-corrected chi connectivity index (χ1v) is 9.89. The molecule has 0 spiro atoms. The van der Waals surface area contributed by atoms with E-state index in [4.69, 9.17) is 21.2 Å². The molecule has 2 aromatic rings. The first kappa shape index (κ1) is 20.2. The van der Waals surface area contributed by atoms with Crippen molar-refractivity contribution in [1.82, 2.24) is 10.2 Å². The molecule has 1 aliphatic heterocycles. The molecular formula is C20H25ClN4O3. The van der Waals surface area contributed by atoms with Crippen LogP contribution in [0.25, 0.3) is 0 Å². The van der Waals surface area contributed by atoms with E-state index in [1.165, 1.54) is 6.21 Å². The quantitative estimate of drug-likeness (QED) is 0.531. The molecule has 1 N–H and O–H groups in total.